The summed E-state index contributed by atoms with van der Waals surface area (Å²) < 4.78 is 12.5. The van der Waals surface area contributed by atoms with E-state index in [2.05, 4.69) is 42.0 Å². The highest BCUT2D eigenvalue weighted by atomic mass is 16.7. The number of hydrogen-bond acceptors (Lipinski definition) is 3. The molecule has 0 saturated carbocycles. The summed E-state index contributed by atoms with van der Waals surface area (Å²) in [6.45, 7) is 9.37. The van der Waals surface area contributed by atoms with Gasteiger partial charge in [-0.25, -0.2) is 4.79 Å². The lowest BCUT2D eigenvalue weighted by atomic mass is 10.1. The number of ether oxygens (including phenoxy) is 2. The molecule has 0 bridgehead atoms. The second kappa shape index (κ2) is 25.2. The van der Waals surface area contributed by atoms with E-state index in [9.17, 15) is 4.79 Å². The predicted octanol–water partition coefficient (Wildman–Crippen LogP) is 9.13. The van der Waals surface area contributed by atoms with Crippen molar-refractivity contribution in [2.24, 2.45) is 0 Å². The number of unbranched alkanes of at least 4 members (excludes halogenated alkanes) is 18. The summed E-state index contributed by atoms with van der Waals surface area (Å²) in [5.74, 6) is 0. The van der Waals surface area contributed by atoms with E-state index in [1.165, 1.54) is 128 Å². The van der Waals surface area contributed by atoms with Crippen molar-refractivity contribution in [1.82, 2.24) is 0 Å². The second-order valence-corrected chi connectivity index (χ2v) is 13.1. The fraction of sp³-hybridized carbons (Fsp3) is 0.970. The maximum absolute atomic E-state index is 12.0. The SMILES string of the molecule is CCCCCCCCCCCC[N+](C)(C)CCOC(=O)OCC[N+](C)(C)CCCCCCCCCCCC. The number of nitrogens with zero attached hydrogens (tertiary/aromatic N) is 2. The Bertz CT molecular complexity index is 478. The van der Waals surface area contributed by atoms with Crippen LogP contribution in [0.4, 0.5) is 4.79 Å². The molecular weight excluding hydrogens is 472 g/mol. The van der Waals surface area contributed by atoms with E-state index < -0.39 is 6.16 Å². The number of carbonyl (C=O) groups excluding carboxylic acids is 1. The monoisotopic (exact) mass is 543 g/mol. The number of rotatable bonds is 28. The molecule has 0 aromatic carbocycles. The van der Waals surface area contributed by atoms with E-state index in [1.54, 1.807) is 0 Å². The van der Waals surface area contributed by atoms with Crippen LogP contribution >= 0.6 is 0 Å². The molecule has 0 N–H and O–H groups in total. The molecule has 0 aliphatic rings. The van der Waals surface area contributed by atoms with Gasteiger partial charge in [0.1, 0.15) is 26.3 Å². The third kappa shape index (κ3) is 26.8. The zero-order valence-electron chi connectivity index (χ0n) is 27.0. The van der Waals surface area contributed by atoms with Crippen molar-refractivity contribution in [2.45, 2.75) is 142 Å². The van der Waals surface area contributed by atoms with Crippen molar-refractivity contribution in [3.8, 4) is 0 Å². The molecule has 0 spiro atoms. The largest absolute Gasteiger partial charge is 0.508 e. The van der Waals surface area contributed by atoms with Crippen LogP contribution in [0.25, 0.3) is 0 Å². The fourth-order valence-electron chi connectivity index (χ4n) is 5.07. The highest BCUT2D eigenvalue weighted by Crippen LogP contribution is 2.13. The fourth-order valence-corrected chi connectivity index (χ4v) is 5.07. The molecule has 0 fully saturated rings. The molecule has 0 radical (unpaired) electrons. The standard InChI is InChI=1S/C33H70N2O3/c1-7-9-11-13-15-17-19-21-23-25-27-34(3,4)29-31-37-33(36)38-32-30-35(5,6)28-26-24-22-20-18-16-14-12-10-8-2/h7-32H2,1-6H3/q+2. The number of hydrogen-bond donors (Lipinski definition) is 0. The lowest BCUT2D eigenvalue weighted by molar-refractivity contribution is -0.891. The van der Waals surface area contributed by atoms with Gasteiger partial charge < -0.3 is 18.4 Å². The Morgan fingerprint density at radius 1 is 0.421 bits per heavy atom. The first-order valence-corrected chi connectivity index (χ1v) is 16.7. The van der Waals surface area contributed by atoms with Gasteiger partial charge in [-0.2, -0.15) is 0 Å². The molecular formula is C33H70N2O3+2. The van der Waals surface area contributed by atoms with E-state index in [-0.39, 0.29) is 0 Å². The normalized spacial score (nSPS) is 12.2. The van der Waals surface area contributed by atoms with Gasteiger partial charge in [0.25, 0.3) is 0 Å². The summed E-state index contributed by atoms with van der Waals surface area (Å²) in [7, 11) is 8.93. The molecule has 0 aromatic rings. The van der Waals surface area contributed by atoms with Crippen LogP contribution in [0.15, 0.2) is 0 Å². The Morgan fingerprint density at radius 3 is 0.974 bits per heavy atom. The molecule has 0 rings (SSSR count). The molecule has 5 nitrogen and oxygen atoms in total. The summed E-state index contributed by atoms with van der Waals surface area (Å²) >= 11 is 0. The molecule has 0 saturated heterocycles. The molecule has 0 heterocycles. The van der Waals surface area contributed by atoms with Crippen molar-refractivity contribution in [2.75, 3.05) is 67.6 Å². The predicted molar refractivity (Wildman–Crippen MR) is 165 cm³/mol. The zero-order chi connectivity index (χ0) is 28.4. The van der Waals surface area contributed by atoms with Crippen molar-refractivity contribution in [3.05, 3.63) is 0 Å². The van der Waals surface area contributed by atoms with Crippen molar-refractivity contribution in [3.63, 3.8) is 0 Å². The quantitative estimate of drug-likeness (QED) is 0.0562. The number of carbonyl (C=O) groups is 1. The molecule has 0 unspecified atom stereocenters. The third-order valence-electron chi connectivity index (χ3n) is 8.07. The first-order chi connectivity index (χ1) is 18.2. The van der Waals surface area contributed by atoms with E-state index in [1.807, 2.05) is 0 Å². The molecule has 5 heteroatoms. The van der Waals surface area contributed by atoms with Crippen molar-refractivity contribution >= 4 is 6.16 Å². The molecule has 38 heavy (non-hydrogen) atoms. The second-order valence-electron chi connectivity index (χ2n) is 13.1. The van der Waals surface area contributed by atoms with Crippen LogP contribution in [0.2, 0.25) is 0 Å². The molecule has 0 aliphatic carbocycles. The third-order valence-corrected chi connectivity index (χ3v) is 8.07. The lowest BCUT2D eigenvalue weighted by Gasteiger charge is -2.30. The minimum Gasteiger partial charge on any atom is -0.428 e. The summed E-state index contributed by atoms with van der Waals surface area (Å²) in [6, 6.07) is 0. The Balaban J connectivity index is 3.66. The van der Waals surface area contributed by atoms with Gasteiger partial charge in [0.15, 0.2) is 0 Å². The molecule has 0 atom stereocenters. The average molecular weight is 543 g/mol. The molecule has 0 aromatic heterocycles. The van der Waals surface area contributed by atoms with Crippen LogP contribution in [-0.2, 0) is 9.47 Å². The van der Waals surface area contributed by atoms with E-state index >= 15 is 0 Å². The first-order valence-electron chi connectivity index (χ1n) is 16.7. The average Bonchev–Trinajstić information content (AvgIpc) is 2.86. The van der Waals surface area contributed by atoms with Crippen LogP contribution in [-0.4, -0.2) is 82.7 Å². The van der Waals surface area contributed by atoms with Gasteiger partial charge >= 0.3 is 6.16 Å². The molecule has 228 valence electrons. The van der Waals surface area contributed by atoms with Gasteiger partial charge in [-0.3, -0.25) is 0 Å². The van der Waals surface area contributed by atoms with E-state index in [0.717, 1.165) is 35.1 Å². The Hall–Kier alpha value is -0.810. The lowest BCUT2D eigenvalue weighted by Crippen LogP contribution is -2.44. The Kier molecular flexibility index (Phi) is 24.6. The smallest absolute Gasteiger partial charge is 0.428 e. The van der Waals surface area contributed by atoms with Crippen molar-refractivity contribution < 1.29 is 23.2 Å². The number of quaternary nitrogens is 2. The van der Waals surface area contributed by atoms with Gasteiger partial charge in [-0.05, 0) is 25.7 Å². The minimum absolute atomic E-state index is 0.431. The van der Waals surface area contributed by atoms with Gasteiger partial charge in [-0.15, -0.1) is 0 Å². The van der Waals surface area contributed by atoms with E-state index in [0.29, 0.717) is 13.2 Å². The van der Waals surface area contributed by atoms with Crippen LogP contribution in [0.3, 0.4) is 0 Å². The molecule has 0 amide bonds. The highest BCUT2D eigenvalue weighted by molar-refractivity contribution is 5.59. The summed E-state index contributed by atoms with van der Waals surface area (Å²) in [6.07, 6.45) is 26.8. The van der Waals surface area contributed by atoms with Gasteiger partial charge in [0.05, 0.1) is 41.3 Å². The maximum Gasteiger partial charge on any atom is 0.508 e. The summed E-state index contributed by atoms with van der Waals surface area (Å²) in [4.78, 5) is 12.0. The van der Waals surface area contributed by atoms with Gasteiger partial charge in [-0.1, -0.05) is 117 Å². The summed E-state index contributed by atoms with van der Waals surface area (Å²) in [5.41, 5.74) is 0. The van der Waals surface area contributed by atoms with Crippen LogP contribution in [0, 0.1) is 0 Å². The highest BCUT2D eigenvalue weighted by Gasteiger charge is 2.18. The van der Waals surface area contributed by atoms with Crippen LogP contribution in [0.1, 0.15) is 142 Å². The maximum atomic E-state index is 12.0. The topological polar surface area (TPSA) is 35.5 Å². The minimum atomic E-state index is -0.511. The number of likely N-dealkylation sites (N-methyl/N-ethyl adjacent to an activating group) is 2. The van der Waals surface area contributed by atoms with E-state index in [4.69, 9.17) is 9.47 Å². The summed E-state index contributed by atoms with van der Waals surface area (Å²) in [5, 5.41) is 0. The first kappa shape index (κ1) is 37.2. The van der Waals surface area contributed by atoms with Crippen molar-refractivity contribution in [1.29, 1.82) is 0 Å². The van der Waals surface area contributed by atoms with Crippen LogP contribution in [0.5, 0.6) is 0 Å². The zero-order valence-corrected chi connectivity index (χ0v) is 27.0. The Morgan fingerprint density at radius 2 is 0.684 bits per heavy atom. The van der Waals surface area contributed by atoms with Gasteiger partial charge in [0.2, 0.25) is 0 Å². The Labute approximate surface area is 239 Å². The van der Waals surface area contributed by atoms with Gasteiger partial charge in [0, 0.05) is 0 Å². The van der Waals surface area contributed by atoms with Crippen LogP contribution < -0.4 is 0 Å². The molecule has 0 aliphatic heterocycles.